The summed E-state index contributed by atoms with van der Waals surface area (Å²) in [5.74, 6) is 1.62. The highest BCUT2D eigenvalue weighted by Gasteiger charge is 2.21. The molecule has 1 atom stereocenters. The minimum atomic E-state index is -0.185. The van der Waals surface area contributed by atoms with Gasteiger partial charge in [-0.25, -0.2) is 4.98 Å². The maximum Gasteiger partial charge on any atom is 0.159 e. The molecule has 6 nitrogen and oxygen atoms in total. The molecule has 0 saturated heterocycles. The van der Waals surface area contributed by atoms with Crippen molar-refractivity contribution < 1.29 is 4.52 Å². The summed E-state index contributed by atoms with van der Waals surface area (Å²) in [6.45, 7) is 6.45. The molecule has 3 aromatic rings. The SMILES string of the molecule is CCc1nn(C)c2c1nc(C(C)Cl)n2Cc1cc(C)on1. The highest BCUT2D eigenvalue weighted by molar-refractivity contribution is 6.20. The highest BCUT2D eigenvalue weighted by atomic mass is 35.5. The number of hydrogen-bond acceptors (Lipinski definition) is 4. The number of rotatable bonds is 4. The lowest BCUT2D eigenvalue weighted by Crippen LogP contribution is -2.09. The van der Waals surface area contributed by atoms with Gasteiger partial charge in [0.25, 0.3) is 0 Å². The summed E-state index contributed by atoms with van der Waals surface area (Å²) in [5.41, 5.74) is 3.73. The number of hydrogen-bond donors (Lipinski definition) is 0. The molecule has 7 heteroatoms. The van der Waals surface area contributed by atoms with E-state index in [2.05, 4.69) is 21.7 Å². The van der Waals surface area contributed by atoms with Crippen LogP contribution < -0.4 is 0 Å². The Morgan fingerprint density at radius 2 is 2.19 bits per heavy atom. The molecule has 0 spiro atoms. The van der Waals surface area contributed by atoms with E-state index < -0.39 is 0 Å². The van der Waals surface area contributed by atoms with Crippen molar-refractivity contribution in [2.75, 3.05) is 0 Å². The van der Waals surface area contributed by atoms with E-state index in [-0.39, 0.29) is 5.38 Å². The van der Waals surface area contributed by atoms with Gasteiger partial charge in [-0.1, -0.05) is 12.1 Å². The molecule has 21 heavy (non-hydrogen) atoms. The van der Waals surface area contributed by atoms with Gasteiger partial charge in [0.05, 0.1) is 17.6 Å². The van der Waals surface area contributed by atoms with Gasteiger partial charge in [0.2, 0.25) is 0 Å². The first-order valence-corrected chi connectivity index (χ1v) is 7.43. The Morgan fingerprint density at radius 1 is 1.43 bits per heavy atom. The van der Waals surface area contributed by atoms with Crippen molar-refractivity contribution in [3.05, 3.63) is 29.0 Å². The summed E-state index contributed by atoms with van der Waals surface area (Å²) >= 11 is 6.30. The van der Waals surface area contributed by atoms with Crippen LogP contribution in [-0.2, 0) is 20.0 Å². The molecule has 0 aliphatic carbocycles. The Bertz CT molecular complexity index is 783. The summed E-state index contributed by atoms with van der Waals surface area (Å²) < 4.78 is 9.07. The number of fused-ring (bicyclic) bond motifs is 1. The number of halogens is 1. The maximum atomic E-state index is 6.30. The Balaban J connectivity index is 2.18. The molecule has 0 radical (unpaired) electrons. The molecule has 0 N–H and O–H groups in total. The van der Waals surface area contributed by atoms with Gasteiger partial charge in [0, 0.05) is 13.1 Å². The first-order chi connectivity index (χ1) is 10.0. The normalized spacial score (nSPS) is 13.2. The topological polar surface area (TPSA) is 61.7 Å². The van der Waals surface area contributed by atoms with Crippen LogP contribution in [0.2, 0.25) is 0 Å². The third kappa shape index (κ3) is 2.33. The molecule has 0 bridgehead atoms. The Morgan fingerprint density at radius 3 is 2.76 bits per heavy atom. The third-order valence-electron chi connectivity index (χ3n) is 3.51. The Labute approximate surface area is 127 Å². The fourth-order valence-electron chi connectivity index (χ4n) is 2.61. The fourth-order valence-corrected chi connectivity index (χ4v) is 2.78. The van der Waals surface area contributed by atoms with E-state index in [1.807, 2.05) is 31.6 Å². The number of nitrogens with zero attached hydrogens (tertiary/aromatic N) is 5. The lowest BCUT2D eigenvalue weighted by atomic mass is 10.3. The van der Waals surface area contributed by atoms with Crippen molar-refractivity contribution in [3.8, 4) is 0 Å². The summed E-state index contributed by atoms with van der Waals surface area (Å²) in [5, 5.41) is 8.40. The van der Waals surface area contributed by atoms with E-state index in [0.29, 0.717) is 6.54 Å². The number of alkyl halides is 1. The largest absolute Gasteiger partial charge is 0.361 e. The van der Waals surface area contributed by atoms with Crippen molar-refractivity contribution in [1.29, 1.82) is 0 Å². The van der Waals surface area contributed by atoms with E-state index in [1.165, 1.54) is 0 Å². The van der Waals surface area contributed by atoms with Crippen LogP contribution >= 0.6 is 11.6 Å². The molecule has 3 rings (SSSR count). The Hall–Kier alpha value is -1.82. The standard InChI is InChI=1S/C14H18ClN5O/c1-5-11-12-14(19(4)17-11)20(13(16-12)9(3)15)7-10-6-8(2)21-18-10/h6,9H,5,7H2,1-4H3. The van der Waals surface area contributed by atoms with E-state index in [1.54, 1.807) is 0 Å². The maximum absolute atomic E-state index is 6.30. The third-order valence-corrected chi connectivity index (χ3v) is 3.70. The molecular formula is C14H18ClN5O. The molecule has 0 aliphatic rings. The van der Waals surface area contributed by atoms with Gasteiger partial charge in [0.1, 0.15) is 22.8 Å². The molecule has 3 heterocycles. The molecule has 0 aromatic carbocycles. The minimum Gasteiger partial charge on any atom is -0.361 e. The van der Waals surface area contributed by atoms with Gasteiger partial charge in [0.15, 0.2) is 5.65 Å². The van der Waals surface area contributed by atoms with Crippen molar-refractivity contribution in [3.63, 3.8) is 0 Å². The second-order valence-electron chi connectivity index (χ2n) is 5.20. The Kier molecular flexibility index (Phi) is 3.49. The van der Waals surface area contributed by atoms with Crippen molar-refractivity contribution in [2.45, 2.75) is 39.1 Å². The van der Waals surface area contributed by atoms with Crippen molar-refractivity contribution in [2.24, 2.45) is 7.05 Å². The fraction of sp³-hybridized carbons (Fsp3) is 0.500. The average Bonchev–Trinajstić information content (AvgIpc) is 3.07. The van der Waals surface area contributed by atoms with Gasteiger partial charge in [-0.3, -0.25) is 4.68 Å². The predicted octanol–water partition coefficient (Wildman–Crippen LogP) is 2.98. The predicted molar refractivity (Wildman–Crippen MR) is 80.5 cm³/mol. The highest BCUT2D eigenvalue weighted by Crippen LogP contribution is 2.27. The van der Waals surface area contributed by atoms with Crippen LogP contribution in [0.25, 0.3) is 11.2 Å². The van der Waals surface area contributed by atoms with E-state index in [4.69, 9.17) is 21.1 Å². The lowest BCUT2D eigenvalue weighted by molar-refractivity contribution is 0.388. The molecule has 0 fully saturated rings. The first-order valence-electron chi connectivity index (χ1n) is 6.99. The van der Waals surface area contributed by atoms with Crippen LogP contribution in [0.15, 0.2) is 10.6 Å². The minimum absolute atomic E-state index is 0.185. The van der Waals surface area contributed by atoms with Gasteiger partial charge in [-0.15, -0.1) is 11.6 Å². The quantitative estimate of drug-likeness (QED) is 0.695. The molecule has 3 aromatic heterocycles. The molecule has 1 unspecified atom stereocenters. The first kappa shape index (κ1) is 14.1. The van der Waals surface area contributed by atoms with Gasteiger partial charge in [-0.2, -0.15) is 5.10 Å². The van der Waals surface area contributed by atoms with Crippen LogP contribution in [0.5, 0.6) is 0 Å². The van der Waals surface area contributed by atoms with Crippen molar-refractivity contribution >= 4 is 22.8 Å². The molecule has 112 valence electrons. The zero-order valence-electron chi connectivity index (χ0n) is 12.6. The van der Waals surface area contributed by atoms with E-state index in [0.717, 1.165) is 40.6 Å². The van der Waals surface area contributed by atoms with Gasteiger partial charge < -0.3 is 9.09 Å². The molecular weight excluding hydrogens is 290 g/mol. The number of imidazole rings is 1. The zero-order valence-corrected chi connectivity index (χ0v) is 13.3. The average molecular weight is 308 g/mol. The summed E-state index contributed by atoms with van der Waals surface area (Å²) in [7, 11) is 1.93. The zero-order chi connectivity index (χ0) is 15.1. The smallest absolute Gasteiger partial charge is 0.159 e. The number of aromatic nitrogens is 5. The van der Waals surface area contributed by atoms with Crippen LogP contribution in [-0.4, -0.2) is 24.5 Å². The van der Waals surface area contributed by atoms with Crippen LogP contribution in [0.3, 0.4) is 0 Å². The van der Waals surface area contributed by atoms with Crippen LogP contribution in [0.4, 0.5) is 0 Å². The summed E-state index contributed by atoms with van der Waals surface area (Å²) in [6, 6.07) is 1.92. The van der Waals surface area contributed by atoms with Crippen molar-refractivity contribution in [1.82, 2.24) is 24.5 Å². The number of aryl methyl sites for hydroxylation is 3. The molecule has 0 saturated carbocycles. The van der Waals surface area contributed by atoms with Crippen LogP contribution in [0.1, 0.15) is 42.2 Å². The summed E-state index contributed by atoms with van der Waals surface area (Å²) in [6.07, 6.45) is 0.841. The van der Waals surface area contributed by atoms with E-state index in [9.17, 15) is 0 Å². The second-order valence-corrected chi connectivity index (χ2v) is 5.85. The lowest BCUT2D eigenvalue weighted by Gasteiger charge is -2.09. The van der Waals surface area contributed by atoms with Crippen LogP contribution in [0, 0.1) is 6.92 Å². The summed E-state index contributed by atoms with van der Waals surface area (Å²) in [4.78, 5) is 4.70. The van der Waals surface area contributed by atoms with Gasteiger partial charge in [-0.05, 0) is 20.3 Å². The molecule has 0 aliphatic heterocycles. The monoisotopic (exact) mass is 307 g/mol. The van der Waals surface area contributed by atoms with Gasteiger partial charge >= 0.3 is 0 Å². The molecule has 0 amide bonds. The second kappa shape index (κ2) is 5.18. The van der Waals surface area contributed by atoms with E-state index >= 15 is 0 Å².